The van der Waals surface area contributed by atoms with Crippen molar-refractivity contribution in [3.63, 3.8) is 0 Å². The number of likely N-dealkylation sites (tertiary alicyclic amines) is 1. The average Bonchev–Trinajstić information content (AvgIpc) is 2.94. The quantitative estimate of drug-likeness (QED) is 0.803. The molecule has 1 N–H and O–H groups in total. The summed E-state index contributed by atoms with van der Waals surface area (Å²) in [7, 11) is 0. The first kappa shape index (κ1) is 18.4. The van der Waals surface area contributed by atoms with Gasteiger partial charge in [0.05, 0.1) is 0 Å². The van der Waals surface area contributed by atoms with E-state index in [1.807, 2.05) is 17.9 Å². The van der Waals surface area contributed by atoms with Gasteiger partial charge < -0.3 is 10.2 Å². The van der Waals surface area contributed by atoms with E-state index in [9.17, 15) is 4.79 Å². The van der Waals surface area contributed by atoms with E-state index in [0.717, 1.165) is 51.1 Å². The zero-order valence-corrected chi connectivity index (χ0v) is 15.6. The van der Waals surface area contributed by atoms with Crippen LogP contribution in [0.4, 0.5) is 5.82 Å². The minimum absolute atomic E-state index is 0.0322. The molecule has 1 aliphatic rings. The van der Waals surface area contributed by atoms with E-state index in [-0.39, 0.29) is 5.91 Å². The maximum absolute atomic E-state index is 12.8. The highest BCUT2D eigenvalue weighted by Crippen LogP contribution is 2.14. The van der Waals surface area contributed by atoms with E-state index in [4.69, 9.17) is 0 Å². The zero-order valence-electron chi connectivity index (χ0n) is 15.6. The fraction of sp³-hybridized carbons (Fsp3) is 0.476. The first-order valence-electron chi connectivity index (χ1n) is 9.65. The van der Waals surface area contributed by atoms with E-state index in [1.165, 1.54) is 18.4 Å². The van der Waals surface area contributed by atoms with Crippen LogP contribution in [0.3, 0.4) is 0 Å². The van der Waals surface area contributed by atoms with Gasteiger partial charge in [-0.25, -0.2) is 9.97 Å². The second-order valence-corrected chi connectivity index (χ2v) is 6.91. The monoisotopic (exact) mass is 352 g/mol. The maximum atomic E-state index is 12.8. The largest absolute Gasteiger partial charge is 0.370 e. The van der Waals surface area contributed by atoms with Gasteiger partial charge in [0.2, 0.25) is 0 Å². The minimum Gasteiger partial charge on any atom is -0.370 e. The van der Waals surface area contributed by atoms with Gasteiger partial charge in [0.25, 0.3) is 5.91 Å². The summed E-state index contributed by atoms with van der Waals surface area (Å²) in [5.74, 6) is 1.41. The van der Waals surface area contributed by atoms with Crippen molar-refractivity contribution in [2.24, 2.45) is 0 Å². The number of carbonyl (C=O) groups excluding carboxylic acids is 1. The van der Waals surface area contributed by atoms with E-state index in [1.54, 1.807) is 6.07 Å². The molecule has 1 aromatic heterocycles. The lowest BCUT2D eigenvalue weighted by atomic mass is 10.1. The van der Waals surface area contributed by atoms with Crippen molar-refractivity contribution < 1.29 is 4.79 Å². The van der Waals surface area contributed by atoms with Gasteiger partial charge in [0, 0.05) is 25.7 Å². The van der Waals surface area contributed by atoms with Crippen LogP contribution in [0.2, 0.25) is 0 Å². The smallest absolute Gasteiger partial charge is 0.272 e. The van der Waals surface area contributed by atoms with Crippen molar-refractivity contribution in [1.29, 1.82) is 0 Å². The Kier molecular flexibility index (Phi) is 6.58. The summed E-state index contributed by atoms with van der Waals surface area (Å²) in [6, 6.07) is 12.3. The van der Waals surface area contributed by atoms with E-state index < -0.39 is 0 Å². The molecule has 0 spiro atoms. The molecular weight excluding hydrogens is 324 g/mol. The third-order valence-corrected chi connectivity index (χ3v) is 4.74. The van der Waals surface area contributed by atoms with Crippen LogP contribution in [0.1, 0.15) is 54.0 Å². The molecule has 5 heteroatoms. The molecule has 2 heterocycles. The lowest BCUT2D eigenvalue weighted by molar-refractivity contribution is 0.0755. The van der Waals surface area contributed by atoms with Gasteiger partial charge in [-0.15, -0.1) is 0 Å². The van der Waals surface area contributed by atoms with Crippen molar-refractivity contribution in [2.75, 3.05) is 25.0 Å². The Bertz CT molecular complexity index is 709. The van der Waals surface area contributed by atoms with Crippen LogP contribution in [0.15, 0.2) is 36.4 Å². The highest BCUT2D eigenvalue weighted by Gasteiger charge is 2.19. The Hall–Kier alpha value is -2.43. The number of benzene rings is 1. The molecule has 1 aromatic carbocycles. The predicted octanol–water partition coefficient (Wildman–Crippen LogP) is 3.85. The molecule has 0 unspecified atom stereocenters. The summed E-state index contributed by atoms with van der Waals surface area (Å²) in [4.78, 5) is 23.5. The minimum atomic E-state index is 0.0322. The Morgan fingerprint density at radius 2 is 1.81 bits per heavy atom. The summed E-state index contributed by atoms with van der Waals surface area (Å²) in [6.07, 6.45) is 6.63. The molecule has 5 nitrogen and oxygen atoms in total. The second-order valence-electron chi connectivity index (χ2n) is 6.91. The molecule has 1 fully saturated rings. The van der Waals surface area contributed by atoms with E-state index in [2.05, 4.69) is 39.6 Å². The topological polar surface area (TPSA) is 58.1 Å². The van der Waals surface area contributed by atoms with E-state index >= 15 is 0 Å². The molecule has 0 bridgehead atoms. The van der Waals surface area contributed by atoms with E-state index in [0.29, 0.717) is 11.5 Å². The molecule has 1 aliphatic heterocycles. The van der Waals surface area contributed by atoms with Gasteiger partial charge in [0.15, 0.2) is 0 Å². The lowest BCUT2D eigenvalue weighted by Crippen LogP contribution is -2.32. The predicted molar refractivity (Wildman–Crippen MR) is 104 cm³/mol. The summed E-state index contributed by atoms with van der Waals surface area (Å²) >= 11 is 0. The number of aryl methyl sites for hydroxylation is 2. The summed E-state index contributed by atoms with van der Waals surface area (Å²) in [6.45, 7) is 4.33. The fourth-order valence-electron chi connectivity index (χ4n) is 3.36. The standard InChI is InChI=1S/C21H28N4O/c1-17-23-19(21(26)25-14-7-2-3-8-15-25)16-20(24-17)22-13-9-12-18-10-5-4-6-11-18/h4-6,10-11,16H,2-3,7-9,12-15H2,1H3,(H,22,23,24). The third-order valence-electron chi connectivity index (χ3n) is 4.74. The molecule has 2 aromatic rings. The van der Waals surface area contributed by atoms with Crippen molar-refractivity contribution in [1.82, 2.24) is 14.9 Å². The van der Waals surface area contributed by atoms with Crippen LogP contribution < -0.4 is 5.32 Å². The van der Waals surface area contributed by atoms with Gasteiger partial charge in [-0.2, -0.15) is 0 Å². The highest BCUT2D eigenvalue weighted by atomic mass is 16.2. The molecule has 1 amide bonds. The van der Waals surface area contributed by atoms with Gasteiger partial charge in [-0.1, -0.05) is 43.2 Å². The average molecular weight is 352 g/mol. The molecule has 3 rings (SSSR count). The van der Waals surface area contributed by atoms with Gasteiger partial charge in [-0.05, 0) is 38.2 Å². The van der Waals surface area contributed by atoms with Crippen molar-refractivity contribution in [3.05, 3.63) is 53.5 Å². The van der Waals surface area contributed by atoms with Crippen LogP contribution in [0, 0.1) is 6.92 Å². The number of nitrogens with one attached hydrogen (secondary N) is 1. The SMILES string of the molecule is Cc1nc(NCCCc2ccccc2)cc(C(=O)N2CCCCCC2)n1. The number of hydrogen-bond acceptors (Lipinski definition) is 4. The Balaban J connectivity index is 1.57. The van der Waals surface area contributed by atoms with Crippen LogP contribution >= 0.6 is 0 Å². The molecular formula is C21H28N4O. The van der Waals surface area contributed by atoms with Crippen molar-refractivity contribution >= 4 is 11.7 Å². The molecule has 26 heavy (non-hydrogen) atoms. The van der Waals surface area contributed by atoms with Crippen LogP contribution in [-0.4, -0.2) is 40.4 Å². The van der Waals surface area contributed by atoms with Gasteiger partial charge in [-0.3, -0.25) is 4.79 Å². The van der Waals surface area contributed by atoms with Gasteiger partial charge in [0.1, 0.15) is 17.3 Å². The number of amides is 1. The zero-order chi connectivity index (χ0) is 18.2. The Morgan fingerprint density at radius 3 is 2.54 bits per heavy atom. The lowest BCUT2D eigenvalue weighted by Gasteiger charge is -2.20. The number of anilines is 1. The highest BCUT2D eigenvalue weighted by molar-refractivity contribution is 5.93. The van der Waals surface area contributed by atoms with Crippen molar-refractivity contribution in [3.8, 4) is 0 Å². The first-order chi connectivity index (χ1) is 12.7. The molecule has 0 atom stereocenters. The normalized spacial score (nSPS) is 14.7. The summed E-state index contributed by atoms with van der Waals surface area (Å²) in [5, 5.41) is 3.34. The third kappa shape index (κ3) is 5.28. The number of nitrogens with zero attached hydrogens (tertiary/aromatic N) is 3. The second kappa shape index (κ2) is 9.32. The molecule has 1 saturated heterocycles. The van der Waals surface area contributed by atoms with Crippen LogP contribution in [0.25, 0.3) is 0 Å². The molecule has 0 saturated carbocycles. The molecule has 0 radical (unpaired) electrons. The fourth-order valence-corrected chi connectivity index (χ4v) is 3.36. The maximum Gasteiger partial charge on any atom is 0.272 e. The summed E-state index contributed by atoms with van der Waals surface area (Å²) in [5.41, 5.74) is 1.84. The van der Waals surface area contributed by atoms with Gasteiger partial charge >= 0.3 is 0 Å². The number of hydrogen-bond donors (Lipinski definition) is 1. The summed E-state index contributed by atoms with van der Waals surface area (Å²) < 4.78 is 0. The number of carbonyl (C=O) groups is 1. The molecule has 0 aliphatic carbocycles. The molecule has 138 valence electrons. The van der Waals surface area contributed by atoms with Crippen LogP contribution in [0.5, 0.6) is 0 Å². The van der Waals surface area contributed by atoms with Crippen LogP contribution in [-0.2, 0) is 6.42 Å². The van der Waals surface area contributed by atoms with Crippen molar-refractivity contribution in [2.45, 2.75) is 45.4 Å². The Labute approximate surface area is 155 Å². The number of rotatable bonds is 6. The first-order valence-corrected chi connectivity index (χ1v) is 9.65. The number of aromatic nitrogens is 2. The Morgan fingerprint density at radius 1 is 1.08 bits per heavy atom.